The first-order valence-corrected chi connectivity index (χ1v) is 10.0. The average Bonchev–Trinajstić information content (AvgIpc) is 2.99. The Hall–Kier alpha value is -2.84. The molecule has 6 nitrogen and oxygen atoms in total. The zero-order valence-corrected chi connectivity index (χ0v) is 17.5. The van der Waals surface area contributed by atoms with E-state index in [4.69, 9.17) is 26.8 Å². The van der Waals surface area contributed by atoms with Gasteiger partial charge in [-0.2, -0.15) is 0 Å². The second-order valence-electron chi connectivity index (χ2n) is 6.13. The number of anilines is 1. The van der Waals surface area contributed by atoms with E-state index in [2.05, 4.69) is 6.92 Å². The van der Waals surface area contributed by atoms with Gasteiger partial charge in [-0.1, -0.05) is 49.1 Å². The summed E-state index contributed by atoms with van der Waals surface area (Å²) in [5.41, 5.74) is 2.64. The average molecular weight is 430 g/mol. The Morgan fingerprint density at radius 1 is 1.21 bits per heavy atom. The van der Waals surface area contributed by atoms with Gasteiger partial charge in [-0.15, -0.1) is 0 Å². The zero-order valence-electron chi connectivity index (χ0n) is 15.9. The van der Waals surface area contributed by atoms with Crippen molar-refractivity contribution in [2.45, 2.75) is 13.3 Å². The molecule has 1 saturated heterocycles. The highest BCUT2D eigenvalue weighted by molar-refractivity contribution is 8.27. The molecule has 8 heteroatoms. The molecule has 0 aromatic heterocycles. The second-order valence-corrected chi connectivity index (χ2v) is 7.81. The Bertz CT molecular complexity index is 985. The van der Waals surface area contributed by atoms with Crippen LogP contribution in [0.4, 0.5) is 5.69 Å². The molecule has 1 aliphatic rings. The highest BCUT2D eigenvalue weighted by Crippen LogP contribution is 2.37. The van der Waals surface area contributed by atoms with Gasteiger partial charge in [0.25, 0.3) is 5.91 Å². The van der Waals surface area contributed by atoms with Crippen molar-refractivity contribution in [3.63, 3.8) is 0 Å². The van der Waals surface area contributed by atoms with Crippen LogP contribution in [0.5, 0.6) is 11.5 Å². The summed E-state index contributed by atoms with van der Waals surface area (Å²) in [7, 11) is 1.46. The number of nitrogens with zero attached hydrogens (tertiary/aromatic N) is 1. The van der Waals surface area contributed by atoms with Crippen molar-refractivity contribution in [2.24, 2.45) is 0 Å². The van der Waals surface area contributed by atoms with Crippen LogP contribution in [-0.2, 0) is 16.0 Å². The minimum absolute atomic E-state index is 0.186. The second kappa shape index (κ2) is 9.11. The molecule has 3 rings (SSSR count). The molecule has 1 amide bonds. The van der Waals surface area contributed by atoms with E-state index < -0.39 is 12.6 Å². The number of carbonyl (C=O) groups is 2. The zero-order chi connectivity index (χ0) is 21.0. The number of amides is 1. The maximum atomic E-state index is 12.9. The molecule has 2 aromatic carbocycles. The van der Waals surface area contributed by atoms with Gasteiger partial charge < -0.3 is 14.6 Å². The summed E-state index contributed by atoms with van der Waals surface area (Å²) in [6, 6.07) is 12.8. The molecule has 0 aliphatic carbocycles. The summed E-state index contributed by atoms with van der Waals surface area (Å²) in [5.74, 6) is -0.567. The minimum atomic E-state index is -1.08. The number of methoxy groups -OCH3 is 1. The van der Waals surface area contributed by atoms with Crippen molar-refractivity contribution < 1.29 is 24.2 Å². The van der Waals surface area contributed by atoms with E-state index in [1.165, 1.54) is 29.3 Å². The molecule has 0 spiro atoms. The van der Waals surface area contributed by atoms with Crippen LogP contribution in [-0.4, -0.2) is 35.0 Å². The van der Waals surface area contributed by atoms with Crippen molar-refractivity contribution in [2.75, 3.05) is 18.6 Å². The number of rotatable bonds is 7. The molecule has 0 bridgehead atoms. The number of thiocarbonyl (C=S) groups is 1. The van der Waals surface area contributed by atoms with Gasteiger partial charge in [0.05, 0.1) is 17.7 Å². The van der Waals surface area contributed by atoms with E-state index in [1.54, 1.807) is 24.3 Å². The molecule has 0 radical (unpaired) electrons. The van der Waals surface area contributed by atoms with Gasteiger partial charge in [0.15, 0.2) is 22.4 Å². The first-order valence-electron chi connectivity index (χ1n) is 8.82. The standard InChI is InChI=1S/C21H19NO5S2/c1-3-13-4-7-15(8-5-13)22-20(25)18(29-21(22)28)11-14-6-9-16(17(10-14)26-2)27-12-19(23)24/h4-11H,3,12H2,1-2H3,(H,23,24)/b18-11-. The topological polar surface area (TPSA) is 76.1 Å². The number of aryl methyl sites for hydroxylation is 1. The third-order valence-electron chi connectivity index (χ3n) is 4.23. The number of carboxylic acids is 1. The molecule has 1 N–H and O–H groups in total. The lowest BCUT2D eigenvalue weighted by Crippen LogP contribution is -2.27. The van der Waals surface area contributed by atoms with Crippen molar-refractivity contribution in [3.8, 4) is 11.5 Å². The number of carbonyl (C=O) groups excluding carboxylic acids is 1. The van der Waals surface area contributed by atoms with E-state index in [1.807, 2.05) is 24.3 Å². The van der Waals surface area contributed by atoms with Crippen molar-refractivity contribution in [1.82, 2.24) is 0 Å². The fraction of sp³-hybridized carbons (Fsp3) is 0.190. The van der Waals surface area contributed by atoms with Gasteiger partial charge in [-0.25, -0.2) is 4.79 Å². The Morgan fingerprint density at radius 3 is 2.55 bits per heavy atom. The predicted octanol–water partition coefficient (Wildman–Crippen LogP) is 4.13. The summed E-state index contributed by atoms with van der Waals surface area (Å²) >= 11 is 6.64. The minimum Gasteiger partial charge on any atom is -0.493 e. The summed E-state index contributed by atoms with van der Waals surface area (Å²) in [5, 5.41) is 8.75. The van der Waals surface area contributed by atoms with E-state index in [0.717, 1.165) is 12.1 Å². The summed E-state index contributed by atoms with van der Waals surface area (Å²) < 4.78 is 10.9. The molecule has 1 fully saturated rings. The Morgan fingerprint density at radius 2 is 1.93 bits per heavy atom. The van der Waals surface area contributed by atoms with Crippen LogP contribution in [0.25, 0.3) is 6.08 Å². The highest BCUT2D eigenvalue weighted by atomic mass is 32.2. The van der Waals surface area contributed by atoms with Gasteiger partial charge in [-0.05, 0) is 47.9 Å². The number of benzene rings is 2. The fourth-order valence-electron chi connectivity index (χ4n) is 2.76. The Balaban J connectivity index is 1.84. The van der Waals surface area contributed by atoms with E-state index >= 15 is 0 Å². The van der Waals surface area contributed by atoms with Crippen LogP contribution in [0.3, 0.4) is 0 Å². The predicted molar refractivity (Wildman–Crippen MR) is 118 cm³/mol. The number of aliphatic carboxylic acids is 1. The number of carboxylic acid groups (broad SMARTS) is 1. The van der Waals surface area contributed by atoms with E-state index in [-0.39, 0.29) is 5.91 Å². The molecule has 150 valence electrons. The largest absolute Gasteiger partial charge is 0.493 e. The van der Waals surface area contributed by atoms with Crippen LogP contribution in [0.15, 0.2) is 47.4 Å². The van der Waals surface area contributed by atoms with Crippen LogP contribution in [0.1, 0.15) is 18.1 Å². The van der Waals surface area contributed by atoms with Crippen LogP contribution in [0, 0.1) is 0 Å². The third-order valence-corrected chi connectivity index (χ3v) is 5.54. The van der Waals surface area contributed by atoms with Crippen LogP contribution in [0.2, 0.25) is 0 Å². The van der Waals surface area contributed by atoms with Crippen LogP contribution >= 0.6 is 24.0 Å². The van der Waals surface area contributed by atoms with Gasteiger partial charge >= 0.3 is 5.97 Å². The van der Waals surface area contributed by atoms with Gasteiger partial charge in [0.1, 0.15) is 0 Å². The lowest BCUT2D eigenvalue weighted by Gasteiger charge is -2.14. The molecule has 1 heterocycles. The molecule has 2 aromatic rings. The first kappa shape index (κ1) is 20.9. The third kappa shape index (κ3) is 4.78. The van der Waals surface area contributed by atoms with Crippen molar-refractivity contribution >= 4 is 51.9 Å². The molecule has 1 aliphatic heterocycles. The molecule has 0 saturated carbocycles. The van der Waals surface area contributed by atoms with Crippen LogP contribution < -0.4 is 14.4 Å². The van der Waals surface area contributed by atoms with Crippen molar-refractivity contribution in [1.29, 1.82) is 0 Å². The smallest absolute Gasteiger partial charge is 0.341 e. The SMILES string of the molecule is CCc1ccc(N2C(=O)/C(=C/c3ccc(OCC(=O)O)c(OC)c3)SC2=S)cc1. The number of hydrogen-bond acceptors (Lipinski definition) is 6. The fourth-order valence-corrected chi connectivity index (χ4v) is 4.05. The molecule has 0 unspecified atom stereocenters. The first-order chi connectivity index (χ1) is 13.9. The molecule has 0 atom stereocenters. The number of ether oxygens (including phenoxy) is 2. The van der Waals surface area contributed by atoms with Gasteiger partial charge in [0.2, 0.25) is 0 Å². The highest BCUT2D eigenvalue weighted by Gasteiger charge is 2.33. The van der Waals surface area contributed by atoms with E-state index in [9.17, 15) is 9.59 Å². The maximum absolute atomic E-state index is 12.9. The summed E-state index contributed by atoms with van der Waals surface area (Å²) in [6.45, 7) is 1.61. The number of hydrogen-bond donors (Lipinski definition) is 1. The molecular weight excluding hydrogens is 410 g/mol. The monoisotopic (exact) mass is 429 g/mol. The summed E-state index contributed by atoms with van der Waals surface area (Å²) in [4.78, 5) is 25.6. The molecular formula is C21H19NO5S2. The number of thioether (sulfide) groups is 1. The lowest BCUT2D eigenvalue weighted by atomic mass is 10.1. The molecule has 29 heavy (non-hydrogen) atoms. The normalized spacial score (nSPS) is 15.1. The van der Waals surface area contributed by atoms with Gasteiger partial charge in [0, 0.05) is 0 Å². The quantitative estimate of drug-likeness (QED) is 0.524. The maximum Gasteiger partial charge on any atom is 0.341 e. The van der Waals surface area contributed by atoms with Crippen molar-refractivity contribution in [3.05, 3.63) is 58.5 Å². The summed E-state index contributed by atoms with van der Waals surface area (Å²) in [6.07, 6.45) is 2.65. The Labute approximate surface area is 178 Å². The lowest BCUT2D eigenvalue weighted by molar-refractivity contribution is -0.139. The Kier molecular flexibility index (Phi) is 6.56. The van der Waals surface area contributed by atoms with E-state index in [0.29, 0.717) is 26.3 Å². The van der Waals surface area contributed by atoms with Gasteiger partial charge in [-0.3, -0.25) is 9.69 Å².